The third kappa shape index (κ3) is 3.76. The number of carbonyl (C=O) groups excluding carboxylic acids is 1. The average molecular weight is 389 g/mol. The summed E-state index contributed by atoms with van der Waals surface area (Å²) in [5, 5.41) is 11.0. The van der Waals surface area contributed by atoms with Crippen LogP contribution in [0.2, 0.25) is 5.02 Å². The smallest absolute Gasteiger partial charge is 0.318 e. The number of H-pyrrole nitrogens is 1. The number of nitrogens with zero attached hydrogens (tertiary/aromatic N) is 2. The van der Waals surface area contributed by atoms with E-state index in [0.717, 1.165) is 36.1 Å². The number of carbonyl (C=O) groups is 1. The molecule has 0 aliphatic carbocycles. The predicted octanol–water partition coefficient (Wildman–Crippen LogP) is 4.07. The van der Waals surface area contributed by atoms with Crippen LogP contribution < -0.4 is 10.1 Å². The van der Waals surface area contributed by atoms with Crippen LogP contribution in [0.5, 0.6) is 5.75 Å². The maximum Gasteiger partial charge on any atom is 0.318 e. The van der Waals surface area contributed by atoms with E-state index >= 15 is 0 Å². The molecule has 0 saturated carbocycles. The molecule has 4 rings (SSSR count). The lowest BCUT2D eigenvalue weighted by Crippen LogP contribution is -2.44. The van der Waals surface area contributed by atoms with Crippen LogP contribution in [0.15, 0.2) is 24.4 Å². The maximum atomic E-state index is 13.2. The van der Waals surface area contributed by atoms with Crippen LogP contribution in [0.3, 0.4) is 0 Å². The Hall–Kier alpha value is -2.21. The molecule has 2 amide bonds. The molecule has 1 atom stereocenters. The fourth-order valence-electron chi connectivity index (χ4n) is 4.04. The summed E-state index contributed by atoms with van der Waals surface area (Å²) in [5.41, 5.74) is 3.13. The fraction of sp³-hybridized carbons (Fsp3) is 0.500. The summed E-state index contributed by atoms with van der Waals surface area (Å²) in [5.74, 6) is 0.690. The zero-order chi connectivity index (χ0) is 19.0. The second-order valence-corrected chi connectivity index (χ2v) is 8.63. The van der Waals surface area contributed by atoms with E-state index in [9.17, 15) is 4.79 Å². The summed E-state index contributed by atoms with van der Waals surface area (Å²) in [6.07, 6.45) is 4.40. The van der Waals surface area contributed by atoms with Gasteiger partial charge in [0.05, 0.1) is 30.4 Å². The van der Waals surface area contributed by atoms with E-state index < -0.39 is 0 Å². The Morgan fingerprint density at radius 1 is 1.44 bits per heavy atom. The summed E-state index contributed by atoms with van der Waals surface area (Å²) in [4.78, 5) is 15.0. The monoisotopic (exact) mass is 388 g/mol. The molecule has 0 radical (unpaired) electrons. The van der Waals surface area contributed by atoms with Gasteiger partial charge in [0, 0.05) is 23.4 Å². The molecule has 27 heavy (non-hydrogen) atoms. The van der Waals surface area contributed by atoms with E-state index in [4.69, 9.17) is 16.3 Å². The molecule has 2 aliphatic rings. The van der Waals surface area contributed by atoms with Crippen LogP contribution in [0, 0.1) is 5.41 Å². The molecule has 1 unspecified atom stereocenters. The summed E-state index contributed by atoms with van der Waals surface area (Å²) in [7, 11) is 0. The summed E-state index contributed by atoms with van der Waals surface area (Å²) >= 11 is 6.31. The number of rotatable bonds is 1. The molecule has 144 valence electrons. The number of hydrogen-bond donors (Lipinski definition) is 2. The number of benzene rings is 1. The second kappa shape index (κ2) is 7.08. The van der Waals surface area contributed by atoms with E-state index in [1.807, 2.05) is 29.3 Å². The Morgan fingerprint density at radius 2 is 2.30 bits per heavy atom. The van der Waals surface area contributed by atoms with Crippen LogP contribution in [-0.4, -0.2) is 34.3 Å². The lowest BCUT2D eigenvalue weighted by Gasteiger charge is -2.31. The van der Waals surface area contributed by atoms with Gasteiger partial charge in [-0.3, -0.25) is 5.10 Å². The Balaban J connectivity index is 1.56. The molecule has 0 fully saturated rings. The topological polar surface area (TPSA) is 70.2 Å². The van der Waals surface area contributed by atoms with Crippen LogP contribution >= 0.6 is 11.6 Å². The quantitative estimate of drug-likeness (QED) is 0.773. The molecule has 1 aromatic carbocycles. The molecule has 7 heteroatoms. The molecule has 6 nitrogen and oxygen atoms in total. The first-order chi connectivity index (χ1) is 12.9. The third-order valence-corrected chi connectivity index (χ3v) is 5.58. The lowest BCUT2D eigenvalue weighted by molar-refractivity contribution is 0.164. The van der Waals surface area contributed by atoms with Crippen molar-refractivity contribution < 1.29 is 9.53 Å². The van der Waals surface area contributed by atoms with Gasteiger partial charge in [0.2, 0.25) is 0 Å². The Bertz CT molecular complexity index is 848. The first kappa shape index (κ1) is 18.2. The summed E-state index contributed by atoms with van der Waals surface area (Å²) in [6, 6.07) is 5.54. The third-order valence-electron chi connectivity index (χ3n) is 5.28. The molecular weight excluding hydrogens is 364 g/mol. The second-order valence-electron chi connectivity index (χ2n) is 8.22. The van der Waals surface area contributed by atoms with Crippen molar-refractivity contribution in [1.82, 2.24) is 20.4 Å². The number of para-hydroxylation sites is 1. The van der Waals surface area contributed by atoms with Gasteiger partial charge in [-0.05, 0) is 30.7 Å². The average Bonchev–Trinajstić information content (AvgIpc) is 2.85. The zero-order valence-corrected chi connectivity index (χ0v) is 16.5. The number of ether oxygens (including phenoxy) is 1. The van der Waals surface area contributed by atoms with Crippen molar-refractivity contribution in [3.05, 3.63) is 46.2 Å². The summed E-state index contributed by atoms with van der Waals surface area (Å²) < 4.78 is 5.82. The Labute approximate surface area is 164 Å². The predicted molar refractivity (Wildman–Crippen MR) is 104 cm³/mol. The minimum atomic E-state index is -0.108. The largest absolute Gasteiger partial charge is 0.492 e. The fourth-order valence-corrected chi connectivity index (χ4v) is 4.28. The van der Waals surface area contributed by atoms with Gasteiger partial charge in [-0.2, -0.15) is 5.10 Å². The molecule has 0 saturated heterocycles. The maximum absolute atomic E-state index is 13.2. The normalized spacial score (nSPS) is 21.3. The van der Waals surface area contributed by atoms with Crippen LogP contribution in [0.4, 0.5) is 4.79 Å². The molecule has 0 spiro atoms. The number of aromatic amines is 1. The highest BCUT2D eigenvalue weighted by molar-refractivity contribution is 6.32. The SMILES string of the molecule is CC1(C)Cc2[nH]ncc2CN(C(=O)NC2CCCOc3c(Cl)cccc32)C1. The van der Waals surface area contributed by atoms with Gasteiger partial charge >= 0.3 is 6.03 Å². The van der Waals surface area contributed by atoms with Crippen LogP contribution in [0.1, 0.15) is 49.6 Å². The van der Waals surface area contributed by atoms with Gasteiger partial charge < -0.3 is 15.0 Å². The number of nitrogens with one attached hydrogen (secondary N) is 2. The zero-order valence-electron chi connectivity index (χ0n) is 15.7. The van der Waals surface area contributed by atoms with Gasteiger partial charge in [0.15, 0.2) is 0 Å². The molecule has 0 bridgehead atoms. The number of amides is 2. The van der Waals surface area contributed by atoms with Crippen molar-refractivity contribution in [2.75, 3.05) is 13.2 Å². The van der Waals surface area contributed by atoms with Gasteiger partial charge in [-0.25, -0.2) is 4.79 Å². The molecule has 1 aromatic heterocycles. The van der Waals surface area contributed by atoms with Gasteiger partial charge in [-0.15, -0.1) is 0 Å². The van der Waals surface area contributed by atoms with Gasteiger partial charge in [-0.1, -0.05) is 37.6 Å². The van der Waals surface area contributed by atoms with Crippen molar-refractivity contribution in [2.24, 2.45) is 5.41 Å². The first-order valence-corrected chi connectivity index (χ1v) is 9.78. The summed E-state index contributed by atoms with van der Waals surface area (Å²) in [6.45, 7) is 6.22. The van der Waals surface area contributed by atoms with E-state index in [0.29, 0.717) is 30.5 Å². The number of hydrogen-bond acceptors (Lipinski definition) is 3. The van der Waals surface area contributed by atoms with E-state index in [1.165, 1.54) is 0 Å². The minimum Gasteiger partial charge on any atom is -0.492 e. The van der Waals surface area contributed by atoms with Crippen LogP contribution in [-0.2, 0) is 13.0 Å². The van der Waals surface area contributed by atoms with Crippen molar-refractivity contribution >= 4 is 17.6 Å². The Morgan fingerprint density at radius 3 is 3.15 bits per heavy atom. The van der Waals surface area contributed by atoms with Crippen molar-refractivity contribution in [1.29, 1.82) is 0 Å². The van der Waals surface area contributed by atoms with Crippen molar-refractivity contribution in [3.8, 4) is 5.75 Å². The number of urea groups is 1. The Kier molecular flexibility index (Phi) is 4.76. The van der Waals surface area contributed by atoms with Gasteiger partial charge in [0.25, 0.3) is 0 Å². The number of aromatic nitrogens is 2. The highest BCUT2D eigenvalue weighted by Gasteiger charge is 2.32. The highest BCUT2D eigenvalue weighted by atomic mass is 35.5. The first-order valence-electron chi connectivity index (χ1n) is 9.41. The van der Waals surface area contributed by atoms with Crippen LogP contribution in [0.25, 0.3) is 0 Å². The lowest BCUT2D eigenvalue weighted by atomic mass is 9.88. The standard InChI is InChI=1S/C20H25ClN4O2/c1-20(2)9-17-13(10-22-24-17)11-25(12-20)19(26)23-16-7-4-8-27-18-14(16)5-3-6-15(18)21/h3,5-6,10,16H,4,7-9,11-12H2,1-2H3,(H,22,24)(H,23,26). The van der Waals surface area contributed by atoms with E-state index in [2.05, 4.69) is 29.4 Å². The molecule has 2 N–H and O–H groups in total. The number of halogens is 1. The van der Waals surface area contributed by atoms with Gasteiger partial charge in [0.1, 0.15) is 5.75 Å². The number of fused-ring (bicyclic) bond motifs is 2. The molecular formula is C20H25ClN4O2. The van der Waals surface area contributed by atoms with E-state index in [1.54, 1.807) is 0 Å². The molecule has 2 aromatic rings. The van der Waals surface area contributed by atoms with E-state index in [-0.39, 0.29) is 17.5 Å². The molecule has 3 heterocycles. The van der Waals surface area contributed by atoms with Crippen molar-refractivity contribution in [2.45, 2.75) is 45.7 Å². The van der Waals surface area contributed by atoms with Crippen molar-refractivity contribution in [3.63, 3.8) is 0 Å². The minimum absolute atomic E-state index is 0.0249. The highest BCUT2D eigenvalue weighted by Crippen LogP contribution is 2.37. The molecule has 2 aliphatic heterocycles.